The van der Waals surface area contributed by atoms with E-state index >= 15 is 0 Å². The van der Waals surface area contributed by atoms with Crippen molar-refractivity contribution in [2.75, 3.05) is 5.43 Å². The predicted octanol–water partition coefficient (Wildman–Crippen LogP) is 3.29. The molecule has 2 rings (SSSR count). The molecule has 4 nitrogen and oxygen atoms in total. The van der Waals surface area contributed by atoms with Crippen molar-refractivity contribution in [3.05, 3.63) is 29.5 Å². The summed E-state index contributed by atoms with van der Waals surface area (Å²) < 4.78 is 41.3. The molecule has 0 saturated heterocycles. The van der Waals surface area contributed by atoms with Gasteiger partial charge in [0.05, 0.1) is 5.69 Å². The molecule has 0 spiro atoms. The summed E-state index contributed by atoms with van der Waals surface area (Å²) in [5, 5.41) is 0.490. The van der Waals surface area contributed by atoms with E-state index in [1.54, 1.807) is 6.07 Å². The Bertz CT molecular complexity index is 641. The van der Waals surface area contributed by atoms with Gasteiger partial charge in [-0.15, -0.1) is 13.2 Å². The van der Waals surface area contributed by atoms with Crippen molar-refractivity contribution in [2.45, 2.75) is 26.6 Å². The van der Waals surface area contributed by atoms with Crippen LogP contribution in [0.4, 0.5) is 18.9 Å². The highest BCUT2D eigenvalue weighted by molar-refractivity contribution is 5.96. The second-order valence-corrected chi connectivity index (χ2v) is 4.26. The molecule has 0 amide bonds. The lowest BCUT2D eigenvalue weighted by atomic mass is 10.1. The molecular weight excluding hydrogens is 271 g/mol. The summed E-state index contributed by atoms with van der Waals surface area (Å²) in [5.41, 5.74) is 4.70. The van der Waals surface area contributed by atoms with Gasteiger partial charge in [0.1, 0.15) is 5.52 Å². The van der Waals surface area contributed by atoms with E-state index < -0.39 is 6.36 Å². The van der Waals surface area contributed by atoms with Crippen LogP contribution < -0.4 is 16.0 Å². The maximum absolute atomic E-state index is 12.4. The highest BCUT2D eigenvalue weighted by Crippen LogP contribution is 2.35. The fourth-order valence-electron chi connectivity index (χ4n) is 2.14. The number of pyridine rings is 1. The molecule has 0 radical (unpaired) electrons. The molecule has 1 aromatic heterocycles. The number of nitrogens with two attached hydrogens (primary N) is 1. The molecule has 0 aliphatic rings. The second-order valence-electron chi connectivity index (χ2n) is 4.26. The molecule has 0 aliphatic carbocycles. The molecule has 108 valence electrons. The Morgan fingerprint density at radius 2 is 2.05 bits per heavy atom. The first-order chi connectivity index (χ1) is 9.37. The van der Waals surface area contributed by atoms with E-state index in [-0.39, 0.29) is 11.3 Å². The monoisotopic (exact) mass is 285 g/mol. The molecule has 3 N–H and O–H groups in total. The van der Waals surface area contributed by atoms with Crippen molar-refractivity contribution in [2.24, 2.45) is 5.84 Å². The van der Waals surface area contributed by atoms with Gasteiger partial charge in [-0.1, -0.05) is 19.1 Å². The molecule has 2 aromatic rings. The number of aryl methyl sites for hydroxylation is 1. The van der Waals surface area contributed by atoms with Crippen LogP contribution in [0.2, 0.25) is 0 Å². The molecule has 1 aromatic carbocycles. The van der Waals surface area contributed by atoms with Gasteiger partial charge in [0.15, 0.2) is 5.75 Å². The lowest BCUT2D eigenvalue weighted by Gasteiger charge is -2.16. The SMILES string of the molecule is CCc1nc2c(OC(F)(F)F)cccc2c(NN)c1C. The van der Waals surface area contributed by atoms with Gasteiger partial charge in [0.25, 0.3) is 0 Å². The fraction of sp³-hybridized carbons (Fsp3) is 0.308. The van der Waals surface area contributed by atoms with Gasteiger partial charge in [-0.05, 0) is 25.0 Å². The standard InChI is InChI=1S/C13H14F3N3O/c1-3-9-7(2)11(19-17)8-5-4-6-10(12(8)18-9)20-13(14,15)16/h4-6H,3,17H2,1-2H3,(H,18,19). The average molecular weight is 285 g/mol. The number of nitrogen functional groups attached to an aromatic ring is 1. The first kappa shape index (κ1) is 14.4. The van der Waals surface area contributed by atoms with Crippen molar-refractivity contribution in [3.63, 3.8) is 0 Å². The minimum atomic E-state index is -4.76. The van der Waals surface area contributed by atoms with E-state index in [9.17, 15) is 13.2 Å². The zero-order chi connectivity index (χ0) is 14.9. The minimum absolute atomic E-state index is 0.139. The topological polar surface area (TPSA) is 60.2 Å². The van der Waals surface area contributed by atoms with Gasteiger partial charge in [-0.3, -0.25) is 5.84 Å². The summed E-state index contributed by atoms with van der Waals surface area (Å²) in [6.07, 6.45) is -4.18. The van der Waals surface area contributed by atoms with E-state index in [0.717, 1.165) is 5.56 Å². The molecular formula is C13H14F3N3O. The number of halogens is 3. The summed E-state index contributed by atoms with van der Waals surface area (Å²) in [7, 11) is 0. The van der Waals surface area contributed by atoms with Gasteiger partial charge in [-0.2, -0.15) is 0 Å². The van der Waals surface area contributed by atoms with Crippen LogP contribution in [0.1, 0.15) is 18.2 Å². The second kappa shape index (κ2) is 5.16. The van der Waals surface area contributed by atoms with E-state index in [1.165, 1.54) is 12.1 Å². The maximum Gasteiger partial charge on any atom is 0.573 e. The third kappa shape index (κ3) is 2.62. The van der Waals surface area contributed by atoms with Gasteiger partial charge >= 0.3 is 6.36 Å². The van der Waals surface area contributed by atoms with Crippen molar-refractivity contribution in [1.29, 1.82) is 0 Å². The normalized spacial score (nSPS) is 11.7. The summed E-state index contributed by atoms with van der Waals surface area (Å²) in [4.78, 5) is 4.27. The lowest BCUT2D eigenvalue weighted by molar-refractivity contribution is -0.274. The van der Waals surface area contributed by atoms with Crippen LogP contribution >= 0.6 is 0 Å². The van der Waals surface area contributed by atoms with Crippen molar-refractivity contribution >= 4 is 16.6 Å². The van der Waals surface area contributed by atoms with E-state index in [2.05, 4.69) is 15.1 Å². The largest absolute Gasteiger partial charge is 0.573 e. The third-order valence-electron chi connectivity index (χ3n) is 3.03. The van der Waals surface area contributed by atoms with Crippen molar-refractivity contribution in [1.82, 2.24) is 4.98 Å². The molecule has 0 atom stereocenters. The van der Waals surface area contributed by atoms with Crippen LogP contribution in [0.3, 0.4) is 0 Å². The molecule has 0 aliphatic heterocycles. The number of anilines is 1. The summed E-state index contributed by atoms with van der Waals surface area (Å²) >= 11 is 0. The average Bonchev–Trinajstić information content (AvgIpc) is 2.36. The van der Waals surface area contributed by atoms with Crippen LogP contribution in [0, 0.1) is 6.92 Å². The van der Waals surface area contributed by atoms with Crippen molar-refractivity contribution in [3.8, 4) is 5.75 Å². The number of ether oxygens (including phenoxy) is 1. The molecule has 0 fully saturated rings. The molecule has 20 heavy (non-hydrogen) atoms. The van der Waals surface area contributed by atoms with Crippen LogP contribution in [0.15, 0.2) is 18.2 Å². The Morgan fingerprint density at radius 1 is 1.35 bits per heavy atom. The van der Waals surface area contributed by atoms with Crippen LogP contribution in [0.5, 0.6) is 5.75 Å². The smallest absolute Gasteiger partial charge is 0.403 e. The number of aromatic nitrogens is 1. The highest BCUT2D eigenvalue weighted by atomic mass is 19.4. The molecule has 7 heteroatoms. The van der Waals surface area contributed by atoms with Gasteiger partial charge < -0.3 is 10.2 Å². The summed E-state index contributed by atoms with van der Waals surface area (Å²) in [5.74, 6) is 5.14. The molecule has 0 saturated carbocycles. The Hall–Kier alpha value is -2.02. The van der Waals surface area contributed by atoms with E-state index in [4.69, 9.17) is 5.84 Å². The summed E-state index contributed by atoms with van der Waals surface area (Å²) in [6, 6.07) is 4.35. The van der Waals surface area contributed by atoms with E-state index in [0.29, 0.717) is 23.2 Å². The number of rotatable bonds is 3. The number of nitrogens with zero attached hydrogens (tertiary/aromatic N) is 1. The molecule has 1 heterocycles. The van der Waals surface area contributed by atoms with Gasteiger partial charge in [0, 0.05) is 11.1 Å². The fourth-order valence-corrected chi connectivity index (χ4v) is 2.14. The van der Waals surface area contributed by atoms with Gasteiger partial charge in [-0.25, -0.2) is 4.98 Å². The zero-order valence-electron chi connectivity index (χ0n) is 11.0. The number of nitrogens with one attached hydrogen (secondary N) is 1. The Kier molecular flexibility index (Phi) is 3.71. The first-order valence-electron chi connectivity index (χ1n) is 6.02. The van der Waals surface area contributed by atoms with Crippen LogP contribution in [-0.2, 0) is 6.42 Å². The molecule has 0 bridgehead atoms. The summed E-state index contributed by atoms with van der Waals surface area (Å²) in [6.45, 7) is 3.69. The first-order valence-corrected chi connectivity index (χ1v) is 6.02. The number of hydrazine groups is 1. The lowest BCUT2D eigenvalue weighted by Crippen LogP contribution is -2.18. The number of benzene rings is 1. The Balaban J connectivity index is 2.74. The number of hydrogen-bond acceptors (Lipinski definition) is 4. The quantitative estimate of drug-likeness (QED) is 0.671. The number of hydrogen-bond donors (Lipinski definition) is 2. The van der Waals surface area contributed by atoms with Gasteiger partial charge in [0.2, 0.25) is 0 Å². The third-order valence-corrected chi connectivity index (χ3v) is 3.03. The minimum Gasteiger partial charge on any atom is -0.403 e. The van der Waals surface area contributed by atoms with Crippen molar-refractivity contribution < 1.29 is 17.9 Å². The number of fused-ring (bicyclic) bond motifs is 1. The maximum atomic E-state index is 12.4. The van der Waals surface area contributed by atoms with E-state index in [1.807, 2.05) is 13.8 Å². The Morgan fingerprint density at radius 3 is 2.60 bits per heavy atom. The number of alkyl halides is 3. The highest BCUT2D eigenvalue weighted by Gasteiger charge is 2.32. The molecule has 0 unspecified atom stereocenters. The van der Waals surface area contributed by atoms with Crippen LogP contribution in [0.25, 0.3) is 10.9 Å². The predicted molar refractivity (Wildman–Crippen MR) is 70.4 cm³/mol. The Labute approximate surface area is 113 Å². The van der Waals surface area contributed by atoms with Crippen LogP contribution in [-0.4, -0.2) is 11.3 Å². The zero-order valence-corrected chi connectivity index (χ0v) is 11.0. The number of para-hydroxylation sites is 1.